The summed E-state index contributed by atoms with van der Waals surface area (Å²) in [7, 11) is 4.22. The van der Waals surface area contributed by atoms with Gasteiger partial charge in [0.25, 0.3) is 0 Å². The minimum Gasteiger partial charge on any atom is -0.314 e. The maximum Gasteiger partial charge on any atom is 0.0655 e. The molecular formula is C12H23N3. The Balaban J connectivity index is 2.02. The highest BCUT2D eigenvalue weighted by molar-refractivity contribution is 4.88. The Morgan fingerprint density at radius 3 is 2.47 bits per heavy atom. The zero-order chi connectivity index (χ0) is 11.1. The van der Waals surface area contributed by atoms with Crippen molar-refractivity contribution in [2.45, 2.75) is 38.1 Å². The van der Waals surface area contributed by atoms with Crippen LogP contribution in [0.4, 0.5) is 0 Å². The van der Waals surface area contributed by atoms with Crippen LogP contribution in [0.25, 0.3) is 0 Å². The van der Waals surface area contributed by atoms with Crippen molar-refractivity contribution in [3.8, 4) is 6.07 Å². The first-order valence-corrected chi connectivity index (χ1v) is 6.00. The van der Waals surface area contributed by atoms with Gasteiger partial charge in [-0.1, -0.05) is 0 Å². The van der Waals surface area contributed by atoms with Gasteiger partial charge in [0.15, 0.2) is 0 Å². The number of nitriles is 1. The molecule has 15 heavy (non-hydrogen) atoms. The minimum atomic E-state index is 0.324. The Kier molecular flexibility index (Phi) is 5.67. The van der Waals surface area contributed by atoms with E-state index in [1.165, 1.54) is 19.3 Å². The fraction of sp³-hybridized carbons (Fsp3) is 0.917. The Labute approximate surface area is 93.5 Å². The van der Waals surface area contributed by atoms with E-state index in [0.29, 0.717) is 12.0 Å². The fourth-order valence-electron chi connectivity index (χ4n) is 2.13. The Morgan fingerprint density at radius 1 is 1.27 bits per heavy atom. The van der Waals surface area contributed by atoms with Crippen LogP contribution < -0.4 is 5.32 Å². The molecule has 0 saturated heterocycles. The summed E-state index contributed by atoms with van der Waals surface area (Å²) in [5.41, 5.74) is 0. The van der Waals surface area contributed by atoms with E-state index in [1.54, 1.807) is 0 Å². The van der Waals surface area contributed by atoms with Gasteiger partial charge in [0.1, 0.15) is 0 Å². The van der Waals surface area contributed by atoms with Crippen LogP contribution in [0.2, 0.25) is 0 Å². The molecule has 0 aromatic heterocycles. The SMILES string of the molecule is CN(C)CCCNC1CCC(C#N)CC1. The Morgan fingerprint density at radius 2 is 1.93 bits per heavy atom. The van der Waals surface area contributed by atoms with Crippen LogP contribution in [0.15, 0.2) is 0 Å². The first-order valence-electron chi connectivity index (χ1n) is 6.00. The first-order chi connectivity index (χ1) is 7.22. The topological polar surface area (TPSA) is 39.1 Å². The molecule has 1 rings (SSSR count). The summed E-state index contributed by atoms with van der Waals surface area (Å²) in [6.45, 7) is 2.26. The lowest BCUT2D eigenvalue weighted by Gasteiger charge is -2.25. The lowest BCUT2D eigenvalue weighted by Crippen LogP contribution is -2.34. The van der Waals surface area contributed by atoms with E-state index in [9.17, 15) is 0 Å². The van der Waals surface area contributed by atoms with Crippen molar-refractivity contribution in [2.75, 3.05) is 27.2 Å². The maximum absolute atomic E-state index is 8.78. The van der Waals surface area contributed by atoms with Crippen LogP contribution in [-0.2, 0) is 0 Å². The predicted octanol–water partition coefficient (Wildman–Crippen LogP) is 1.61. The molecule has 0 aromatic rings. The number of rotatable bonds is 5. The molecule has 1 fully saturated rings. The molecule has 1 N–H and O–H groups in total. The summed E-state index contributed by atoms with van der Waals surface area (Å²) >= 11 is 0. The van der Waals surface area contributed by atoms with E-state index in [1.807, 2.05) is 0 Å². The van der Waals surface area contributed by atoms with Crippen LogP contribution >= 0.6 is 0 Å². The first kappa shape index (κ1) is 12.5. The summed E-state index contributed by atoms with van der Waals surface area (Å²) < 4.78 is 0. The molecule has 1 aliphatic carbocycles. The molecule has 86 valence electrons. The van der Waals surface area contributed by atoms with E-state index >= 15 is 0 Å². The van der Waals surface area contributed by atoms with Gasteiger partial charge in [-0.15, -0.1) is 0 Å². The predicted molar refractivity (Wildman–Crippen MR) is 62.5 cm³/mol. The van der Waals surface area contributed by atoms with Crippen molar-refractivity contribution >= 4 is 0 Å². The lowest BCUT2D eigenvalue weighted by molar-refractivity contribution is 0.321. The van der Waals surface area contributed by atoms with Gasteiger partial charge in [0.2, 0.25) is 0 Å². The molecule has 0 spiro atoms. The molecule has 0 heterocycles. The molecule has 0 bridgehead atoms. The van der Waals surface area contributed by atoms with Gasteiger partial charge in [-0.3, -0.25) is 0 Å². The summed E-state index contributed by atoms with van der Waals surface area (Å²) in [5, 5.41) is 12.4. The van der Waals surface area contributed by atoms with Crippen molar-refractivity contribution in [1.82, 2.24) is 10.2 Å². The number of nitrogens with zero attached hydrogens (tertiary/aromatic N) is 2. The molecule has 0 radical (unpaired) electrons. The zero-order valence-electron chi connectivity index (χ0n) is 10.00. The minimum absolute atomic E-state index is 0.324. The molecular weight excluding hydrogens is 186 g/mol. The van der Waals surface area contributed by atoms with Gasteiger partial charge in [-0.2, -0.15) is 5.26 Å². The van der Waals surface area contributed by atoms with E-state index in [0.717, 1.165) is 25.9 Å². The van der Waals surface area contributed by atoms with Crippen LogP contribution in [-0.4, -0.2) is 38.1 Å². The van der Waals surface area contributed by atoms with Gasteiger partial charge >= 0.3 is 0 Å². The largest absolute Gasteiger partial charge is 0.314 e. The second kappa shape index (κ2) is 6.81. The highest BCUT2D eigenvalue weighted by Crippen LogP contribution is 2.23. The second-order valence-electron chi connectivity index (χ2n) is 4.79. The number of hydrogen-bond donors (Lipinski definition) is 1. The van der Waals surface area contributed by atoms with Crippen molar-refractivity contribution in [1.29, 1.82) is 5.26 Å². The molecule has 3 nitrogen and oxygen atoms in total. The van der Waals surface area contributed by atoms with E-state index < -0.39 is 0 Å². The Hall–Kier alpha value is -0.590. The van der Waals surface area contributed by atoms with Gasteiger partial charge in [0, 0.05) is 12.0 Å². The average molecular weight is 209 g/mol. The van der Waals surface area contributed by atoms with Gasteiger partial charge in [-0.25, -0.2) is 0 Å². The highest BCUT2D eigenvalue weighted by Gasteiger charge is 2.19. The van der Waals surface area contributed by atoms with Crippen LogP contribution in [0.3, 0.4) is 0 Å². The van der Waals surface area contributed by atoms with Gasteiger partial charge < -0.3 is 10.2 Å². The highest BCUT2D eigenvalue weighted by atomic mass is 15.1. The average Bonchev–Trinajstić information content (AvgIpc) is 2.25. The van der Waals surface area contributed by atoms with Crippen molar-refractivity contribution in [3.63, 3.8) is 0 Å². The molecule has 1 saturated carbocycles. The summed E-state index contributed by atoms with van der Waals surface area (Å²) in [5.74, 6) is 0.324. The third kappa shape index (κ3) is 5.15. The second-order valence-corrected chi connectivity index (χ2v) is 4.79. The molecule has 0 atom stereocenters. The molecule has 1 aliphatic rings. The van der Waals surface area contributed by atoms with Gasteiger partial charge in [-0.05, 0) is 59.3 Å². The van der Waals surface area contributed by atoms with Crippen molar-refractivity contribution in [3.05, 3.63) is 0 Å². The number of nitrogens with one attached hydrogen (secondary N) is 1. The van der Waals surface area contributed by atoms with Crippen LogP contribution in [0.5, 0.6) is 0 Å². The lowest BCUT2D eigenvalue weighted by atomic mass is 9.87. The monoisotopic (exact) mass is 209 g/mol. The van der Waals surface area contributed by atoms with Crippen LogP contribution in [0.1, 0.15) is 32.1 Å². The number of hydrogen-bond acceptors (Lipinski definition) is 3. The zero-order valence-corrected chi connectivity index (χ0v) is 10.00. The van der Waals surface area contributed by atoms with E-state index in [4.69, 9.17) is 5.26 Å². The summed E-state index contributed by atoms with van der Waals surface area (Å²) in [6, 6.07) is 3.04. The third-order valence-corrected chi connectivity index (χ3v) is 3.12. The molecule has 3 heteroatoms. The molecule has 0 amide bonds. The molecule has 0 unspecified atom stereocenters. The van der Waals surface area contributed by atoms with Gasteiger partial charge in [0.05, 0.1) is 6.07 Å². The standard InChI is InChI=1S/C12H23N3/c1-15(2)9-3-8-14-12-6-4-11(10-13)5-7-12/h11-12,14H,3-9H2,1-2H3. The molecule has 0 aliphatic heterocycles. The quantitative estimate of drug-likeness (QED) is 0.699. The van der Waals surface area contributed by atoms with Crippen LogP contribution in [0, 0.1) is 17.2 Å². The molecule has 0 aromatic carbocycles. The third-order valence-electron chi connectivity index (χ3n) is 3.12. The van der Waals surface area contributed by atoms with E-state index in [2.05, 4.69) is 30.4 Å². The van der Waals surface area contributed by atoms with Crippen molar-refractivity contribution in [2.24, 2.45) is 5.92 Å². The van der Waals surface area contributed by atoms with E-state index in [-0.39, 0.29) is 0 Å². The Bertz CT molecular complexity index is 199. The smallest absolute Gasteiger partial charge is 0.0655 e. The normalized spacial score (nSPS) is 26.5. The maximum atomic E-state index is 8.78. The summed E-state index contributed by atoms with van der Waals surface area (Å²) in [4.78, 5) is 2.22. The fourth-order valence-corrected chi connectivity index (χ4v) is 2.13. The summed E-state index contributed by atoms with van der Waals surface area (Å²) in [6.07, 6.45) is 5.75. The van der Waals surface area contributed by atoms with Crippen molar-refractivity contribution < 1.29 is 0 Å².